The van der Waals surface area contributed by atoms with Crippen molar-refractivity contribution in [2.75, 3.05) is 0 Å². The molecule has 1 heterocycles. The van der Waals surface area contributed by atoms with Gasteiger partial charge in [-0.2, -0.15) is 0 Å². The quantitative estimate of drug-likeness (QED) is 0.663. The molecule has 1 fully saturated rings. The van der Waals surface area contributed by atoms with Crippen LogP contribution in [0.25, 0.3) is 0 Å². The summed E-state index contributed by atoms with van der Waals surface area (Å²) in [5.41, 5.74) is 0. The average Bonchev–Trinajstić information content (AvgIpc) is 2.13. The van der Waals surface area contributed by atoms with Gasteiger partial charge in [0.25, 0.3) is 0 Å². The van der Waals surface area contributed by atoms with Gasteiger partial charge in [-0.05, 0) is 26.2 Å². The van der Waals surface area contributed by atoms with Crippen LogP contribution in [-0.2, 0) is 14.3 Å². The fourth-order valence-electron chi connectivity index (χ4n) is 2.07. The van der Waals surface area contributed by atoms with E-state index in [1.165, 1.54) is 19.8 Å². The lowest BCUT2D eigenvalue weighted by Crippen LogP contribution is -2.33. The van der Waals surface area contributed by atoms with Crippen molar-refractivity contribution in [1.82, 2.24) is 0 Å². The maximum Gasteiger partial charge on any atom is 0.304 e. The van der Waals surface area contributed by atoms with Crippen molar-refractivity contribution < 1.29 is 14.3 Å². The van der Waals surface area contributed by atoms with Crippen LogP contribution in [0.2, 0.25) is 0 Å². The Kier molecular flexibility index (Phi) is 5.09. The first-order valence-electron chi connectivity index (χ1n) is 5.96. The lowest BCUT2D eigenvalue weighted by atomic mass is 9.95. The van der Waals surface area contributed by atoms with Crippen molar-refractivity contribution in [3.8, 4) is 0 Å². The molecule has 1 saturated heterocycles. The minimum absolute atomic E-state index is 0.198. The summed E-state index contributed by atoms with van der Waals surface area (Å²) in [5.74, 6) is 0.114. The normalized spacial score (nSPS) is 32.9. The predicted molar refractivity (Wildman–Crippen MR) is 58.4 cm³/mol. The molecule has 0 aromatic carbocycles. The summed E-state index contributed by atoms with van der Waals surface area (Å²) in [6.45, 7) is 5.62. The Hall–Kier alpha value is -0.570. The predicted octanol–water partition coefficient (Wildman–Crippen LogP) is 2.88. The summed E-state index contributed by atoms with van der Waals surface area (Å²) >= 11 is 0. The van der Waals surface area contributed by atoms with Crippen molar-refractivity contribution in [2.45, 2.75) is 65.3 Å². The second kappa shape index (κ2) is 6.11. The van der Waals surface area contributed by atoms with E-state index in [9.17, 15) is 4.79 Å². The Labute approximate surface area is 92.1 Å². The van der Waals surface area contributed by atoms with Gasteiger partial charge in [-0.25, -0.2) is 0 Å². The maximum absolute atomic E-state index is 11.0. The van der Waals surface area contributed by atoms with Gasteiger partial charge in [0.2, 0.25) is 6.29 Å². The molecule has 0 aromatic rings. The molecule has 3 nitrogen and oxygen atoms in total. The van der Waals surface area contributed by atoms with Gasteiger partial charge in [0, 0.05) is 12.8 Å². The Bertz CT molecular complexity index is 203. The molecule has 0 radical (unpaired) electrons. The number of carbonyl (C=O) groups excluding carboxylic acids is 1. The largest absolute Gasteiger partial charge is 0.436 e. The molecule has 0 spiro atoms. The fourth-order valence-corrected chi connectivity index (χ4v) is 2.07. The van der Waals surface area contributed by atoms with E-state index in [0.717, 1.165) is 19.3 Å². The van der Waals surface area contributed by atoms with Gasteiger partial charge in [0.05, 0.1) is 6.10 Å². The van der Waals surface area contributed by atoms with Gasteiger partial charge in [-0.1, -0.05) is 19.8 Å². The van der Waals surface area contributed by atoms with Crippen LogP contribution in [0.15, 0.2) is 0 Å². The fraction of sp³-hybridized carbons (Fsp3) is 0.917. The van der Waals surface area contributed by atoms with Gasteiger partial charge in [-0.15, -0.1) is 0 Å². The van der Waals surface area contributed by atoms with Crippen molar-refractivity contribution >= 4 is 5.97 Å². The van der Waals surface area contributed by atoms with Crippen molar-refractivity contribution in [1.29, 1.82) is 0 Å². The van der Waals surface area contributed by atoms with E-state index >= 15 is 0 Å². The third kappa shape index (κ3) is 4.20. The Morgan fingerprint density at radius 2 is 2.07 bits per heavy atom. The first-order chi connectivity index (χ1) is 7.13. The molecule has 1 aliphatic rings. The molecule has 1 rings (SSSR count). The lowest BCUT2D eigenvalue weighted by molar-refractivity contribution is -0.205. The number of rotatable bonds is 2. The van der Waals surface area contributed by atoms with Crippen molar-refractivity contribution in [3.05, 3.63) is 0 Å². The lowest BCUT2D eigenvalue weighted by Gasteiger charge is -2.30. The highest BCUT2D eigenvalue weighted by Gasteiger charge is 2.27. The van der Waals surface area contributed by atoms with Gasteiger partial charge in [-0.3, -0.25) is 4.79 Å². The van der Waals surface area contributed by atoms with E-state index in [-0.39, 0.29) is 18.4 Å². The smallest absolute Gasteiger partial charge is 0.304 e. The summed E-state index contributed by atoms with van der Waals surface area (Å²) in [6, 6.07) is 0. The first kappa shape index (κ1) is 12.5. The van der Waals surface area contributed by atoms with E-state index in [2.05, 4.69) is 13.8 Å². The van der Waals surface area contributed by atoms with Gasteiger partial charge >= 0.3 is 5.97 Å². The molecule has 1 unspecified atom stereocenters. The van der Waals surface area contributed by atoms with E-state index in [0.29, 0.717) is 5.92 Å². The molecule has 0 N–H and O–H groups in total. The Balaban J connectivity index is 2.59. The van der Waals surface area contributed by atoms with Crippen LogP contribution in [0.1, 0.15) is 52.9 Å². The third-order valence-electron chi connectivity index (χ3n) is 2.99. The Morgan fingerprint density at radius 3 is 2.67 bits per heavy atom. The summed E-state index contributed by atoms with van der Waals surface area (Å²) in [6.07, 6.45) is 5.46. The van der Waals surface area contributed by atoms with Crippen LogP contribution < -0.4 is 0 Å². The number of carbonyl (C=O) groups is 1. The monoisotopic (exact) mass is 214 g/mol. The van der Waals surface area contributed by atoms with Crippen LogP contribution in [0.3, 0.4) is 0 Å². The summed E-state index contributed by atoms with van der Waals surface area (Å²) in [7, 11) is 0. The first-order valence-corrected chi connectivity index (χ1v) is 5.96. The third-order valence-corrected chi connectivity index (χ3v) is 2.99. The highest BCUT2D eigenvalue weighted by Crippen LogP contribution is 2.26. The zero-order valence-corrected chi connectivity index (χ0v) is 9.99. The molecule has 0 aromatic heterocycles. The zero-order valence-electron chi connectivity index (χ0n) is 9.99. The minimum Gasteiger partial charge on any atom is -0.436 e. The van der Waals surface area contributed by atoms with E-state index in [4.69, 9.17) is 9.47 Å². The van der Waals surface area contributed by atoms with Crippen LogP contribution >= 0.6 is 0 Å². The van der Waals surface area contributed by atoms with Crippen LogP contribution in [0, 0.1) is 5.92 Å². The molecule has 1 aliphatic heterocycles. The second-order valence-electron chi connectivity index (χ2n) is 4.38. The highest BCUT2D eigenvalue weighted by molar-refractivity contribution is 5.66. The number of esters is 1. The molecular weight excluding hydrogens is 192 g/mol. The summed E-state index contributed by atoms with van der Waals surface area (Å²) in [5, 5.41) is 0. The molecule has 3 atom stereocenters. The number of hydrogen-bond acceptors (Lipinski definition) is 3. The van der Waals surface area contributed by atoms with Crippen LogP contribution in [0.5, 0.6) is 0 Å². The summed E-state index contributed by atoms with van der Waals surface area (Å²) < 4.78 is 11.0. The second-order valence-corrected chi connectivity index (χ2v) is 4.38. The maximum atomic E-state index is 11.0. The van der Waals surface area contributed by atoms with Gasteiger partial charge in [0.1, 0.15) is 0 Å². The molecule has 0 bridgehead atoms. The van der Waals surface area contributed by atoms with Gasteiger partial charge in [0.15, 0.2) is 0 Å². The Morgan fingerprint density at radius 1 is 1.40 bits per heavy atom. The van der Waals surface area contributed by atoms with E-state index < -0.39 is 0 Å². The molecule has 15 heavy (non-hydrogen) atoms. The van der Waals surface area contributed by atoms with E-state index in [1.54, 1.807) is 0 Å². The van der Waals surface area contributed by atoms with Crippen LogP contribution in [-0.4, -0.2) is 18.4 Å². The minimum atomic E-state index is -0.331. The SMILES string of the molecule is CCC1CCCC[C@H](C)O[C@H]1OC(C)=O. The average molecular weight is 214 g/mol. The summed E-state index contributed by atoms with van der Waals surface area (Å²) in [4.78, 5) is 11.0. The molecular formula is C12H22O3. The standard InChI is InChI=1S/C12H22O3/c1-4-11-8-6-5-7-9(2)14-12(11)15-10(3)13/h9,11-12H,4-8H2,1-3H3/t9-,11?,12-/m0/s1. The molecule has 0 saturated carbocycles. The molecule has 0 aliphatic carbocycles. The zero-order chi connectivity index (χ0) is 11.3. The molecule has 0 amide bonds. The van der Waals surface area contributed by atoms with Crippen molar-refractivity contribution in [3.63, 3.8) is 0 Å². The van der Waals surface area contributed by atoms with E-state index in [1.807, 2.05) is 0 Å². The number of hydrogen-bond donors (Lipinski definition) is 0. The highest BCUT2D eigenvalue weighted by atomic mass is 16.7. The van der Waals surface area contributed by atoms with Crippen molar-refractivity contribution in [2.24, 2.45) is 5.92 Å². The topological polar surface area (TPSA) is 35.5 Å². The van der Waals surface area contributed by atoms with Crippen LogP contribution in [0.4, 0.5) is 0 Å². The molecule has 3 heteroatoms. The molecule has 88 valence electrons. The van der Waals surface area contributed by atoms with Gasteiger partial charge < -0.3 is 9.47 Å². The number of ether oxygens (including phenoxy) is 2.